The van der Waals surface area contributed by atoms with Crippen LogP contribution < -0.4 is 5.32 Å². The number of nitrogens with one attached hydrogen (secondary N) is 1. The van der Waals surface area contributed by atoms with Crippen LogP contribution in [-0.2, 0) is 25.7 Å². The summed E-state index contributed by atoms with van der Waals surface area (Å²) in [5.74, 6) is -1.59. The number of ether oxygens (including phenoxy) is 1. The Bertz CT molecular complexity index is 1430. The standard InChI is InChI=1S/C24H20FN3O6S/c1-9-13(25)3-14-20-19(15(8-35-23(9)20)26-18(31)6-29)11-4-28-5-17(30)12-7-34-24(33)22(32)10(12)2-16(28)21(11)27-14/h2-3,15,22,29,32H,4-8H2,1H3,(H,26,31). The predicted octanol–water partition coefficient (Wildman–Crippen LogP) is 0.891. The van der Waals surface area contributed by atoms with E-state index in [1.165, 1.54) is 17.8 Å². The van der Waals surface area contributed by atoms with E-state index >= 15 is 0 Å². The average molecular weight is 498 g/mol. The number of amides is 1. The first-order chi connectivity index (χ1) is 16.8. The van der Waals surface area contributed by atoms with Crippen molar-refractivity contribution in [3.8, 4) is 0 Å². The van der Waals surface area contributed by atoms with Gasteiger partial charge in [-0.05, 0) is 24.1 Å². The van der Waals surface area contributed by atoms with Gasteiger partial charge in [0.05, 0.1) is 29.5 Å². The van der Waals surface area contributed by atoms with Crippen LogP contribution in [0.5, 0.6) is 0 Å². The molecule has 0 fully saturated rings. The molecule has 6 rings (SSSR count). The zero-order valence-corrected chi connectivity index (χ0v) is 19.4. The summed E-state index contributed by atoms with van der Waals surface area (Å²) in [6.45, 7) is 1.13. The molecule has 2 atom stereocenters. The van der Waals surface area contributed by atoms with E-state index in [2.05, 4.69) is 5.32 Å². The molecule has 4 aliphatic heterocycles. The summed E-state index contributed by atoms with van der Waals surface area (Å²) in [5.41, 5.74) is 3.94. The van der Waals surface area contributed by atoms with Crippen LogP contribution in [0, 0.1) is 12.7 Å². The fraction of sp³-hybridized carbons (Fsp3) is 0.333. The second-order valence-electron chi connectivity index (χ2n) is 8.90. The smallest absolute Gasteiger partial charge is 0.340 e. The van der Waals surface area contributed by atoms with E-state index in [-0.39, 0.29) is 30.1 Å². The van der Waals surface area contributed by atoms with Crippen LogP contribution in [0.3, 0.4) is 0 Å². The van der Waals surface area contributed by atoms with Crippen LogP contribution in [-0.4, -0.2) is 69.4 Å². The van der Waals surface area contributed by atoms with Crippen molar-refractivity contribution in [1.29, 1.82) is 0 Å². The third kappa shape index (κ3) is 3.22. The van der Waals surface area contributed by atoms with Crippen molar-refractivity contribution in [2.24, 2.45) is 0 Å². The molecule has 11 heteroatoms. The largest absolute Gasteiger partial charge is 0.458 e. The predicted molar refractivity (Wildman–Crippen MR) is 123 cm³/mol. The molecule has 0 aliphatic carbocycles. The van der Waals surface area contributed by atoms with Gasteiger partial charge < -0.3 is 25.2 Å². The molecule has 35 heavy (non-hydrogen) atoms. The number of pyridine rings is 1. The maximum Gasteiger partial charge on any atom is 0.340 e. The quantitative estimate of drug-likeness (QED) is 0.518. The Balaban J connectivity index is 1.61. The summed E-state index contributed by atoms with van der Waals surface area (Å²) in [4.78, 5) is 44.4. The first-order valence-corrected chi connectivity index (χ1v) is 12.0. The first-order valence-electron chi connectivity index (χ1n) is 11.0. The molecule has 4 aliphatic rings. The number of cyclic esters (lactones) is 1. The van der Waals surface area contributed by atoms with Crippen LogP contribution in [0.25, 0.3) is 16.6 Å². The van der Waals surface area contributed by atoms with E-state index in [1.54, 1.807) is 17.9 Å². The highest BCUT2D eigenvalue weighted by molar-refractivity contribution is 7.99. The second kappa shape index (κ2) is 7.87. The van der Waals surface area contributed by atoms with Crippen molar-refractivity contribution in [2.75, 3.05) is 25.5 Å². The molecule has 0 radical (unpaired) electrons. The van der Waals surface area contributed by atoms with Crippen molar-refractivity contribution in [2.45, 2.75) is 30.5 Å². The Hall–Kier alpha value is -3.28. The lowest BCUT2D eigenvalue weighted by atomic mass is 9.93. The number of hydrogen-bond acceptors (Lipinski definition) is 9. The molecule has 5 heterocycles. The molecule has 3 N–H and O–H groups in total. The summed E-state index contributed by atoms with van der Waals surface area (Å²) < 4.78 is 19.8. The fourth-order valence-corrected chi connectivity index (χ4v) is 6.47. The molecule has 0 spiro atoms. The SMILES string of the molecule is Cc1c(F)cc2nc3c(c4c2c1SCC4NC(=O)CO)CN1CC(=O)C2=C(C=C31)C(O)C(=O)OC2. The fourth-order valence-electron chi connectivity index (χ4n) is 5.22. The van der Waals surface area contributed by atoms with Crippen molar-refractivity contribution in [3.63, 3.8) is 0 Å². The van der Waals surface area contributed by atoms with Gasteiger partial charge in [0.15, 0.2) is 11.9 Å². The van der Waals surface area contributed by atoms with E-state index in [4.69, 9.17) is 9.72 Å². The Kier molecular flexibility index (Phi) is 4.99. The minimum absolute atomic E-state index is 0.0102. The van der Waals surface area contributed by atoms with Crippen LogP contribution in [0.2, 0.25) is 0 Å². The highest BCUT2D eigenvalue weighted by atomic mass is 32.2. The van der Waals surface area contributed by atoms with Crippen molar-refractivity contribution in [1.82, 2.24) is 15.2 Å². The number of ketones is 1. The molecule has 0 saturated carbocycles. The maximum atomic E-state index is 14.8. The van der Waals surface area contributed by atoms with Crippen LogP contribution in [0.15, 0.2) is 28.2 Å². The normalized spacial score (nSPS) is 22.9. The van der Waals surface area contributed by atoms with E-state index < -0.39 is 36.4 Å². The van der Waals surface area contributed by atoms with Gasteiger partial charge in [0.2, 0.25) is 5.91 Å². The lowest BCUT2D eigenvalue weighted by Crippen LogP contribution is -2.35. The highest BCUT2D eigenvalue weighted by Gasteiger charge is 2.41. The third-order valence-corrected chi connectivity index (χ3v) is 8.20. The molecular weight excluding hydrogens is 477 g/mol. The number of rotatable bonds is 2. The average Bonchev–Trinajstić information content (AvgIpc) is 3.09. The molecular formula is C24H20FN3O6S. The number of nitrogens with zero attached hydrogens (tertiary/aromatic N) is 2. The Morgan fingerprint density at radius 3 is 2.94 bits per heavy atom. The van der Waals surface area contributed by atoms with Crippen molar-refractivity contribution in [3.05, 3.63) is 51.5 Å². The number of fused-ring (bicyclic) bond motifs is 4. The van der Waals surface area contributed by atoms with Crippen LogP contribution in [0.1, 0.15) is 28.4 Å². The molecule has 180 valence electrons. The highest BCUT2D eigenvalue weighted by Crippen LogP contribution is 2.48. The zero-order chi connectivity index (χ0) is 24.6. The number of carbonyl (C=O) groups excluding carboxylic acids is 3. The second-order valence-corrected chi connectivity index (χ2v) is 9.93. The summed E-state index contributed by atoms with van der Waals surface area (Å²) in [5, 5.41) is 23.3. The van der Waals surface area contributed by atoms with Gasteiger partial charge in [-0.1, -0.05) is 0 Å². The number of Topliss-reactive ketones (excluding diaryl/α,β-unsaturated/α-hetero) is 1. The van der Waals surface area contributed by atoms with Crippen LogP contribution >= 0.6 is 11.8 Å². The lowest BCUT2D eigenvalue weighted by Gasteiger charge is -2.29. The summed E-state index contributed by atoms with van der Waals surface area (Å²) in [6.07, 6.45) is 0.00487. The number of aliphatic hydroxyl groups excluding tert-OH is 2. The Morgan fingerprint density at radius 1 is 1.37 bits per heavy atom. The van der Waals surface area contributed by atoms with Gasteiger partial charge in [0.25, 0.3) is 0 Å². The first kappa shape index (κ1) is 22.2. The third-order valence-electron chi connectivity index (χ3n) is 6.90. The van der Waals surface area contributed by atoms with Gasteiger partial charge in [-0.25, -0.2) is 14.2 Å². The number of aromatic nitrogens is 1. The van der Waals surface area contributed by atoms with E-state index in [0.29, 0.717) is 34.8 Å². The van der Waals surface area contributed by atoms with Gasteiger partial charge in [-0.2, -0.15) is 0 Å². The van der Waals surface area contributed by atoms with Crippen molar-refractivity contribution >= 4 is 46.0 Å². The molecule has 0 saturated heterocycles. The molecule has 1 amide bonds. The number of esters is 1. The maximum absolute atomic E-state index is 14.8. The van der Waals surface area contributed by atoms with Gasteiger partial charge in [-0.3, -0.25) is 9.59 Å². The number of halogens is 1. The van der Waals surface area contributed by atoms with Gasteiger partial charge in [0.1, 0.15) is 19.0 Å². The monoisotopic (exact) mass is 497 g/mol. The van der Waals surface area contributed by atoms with E-state index in [9.17, 15) is 29.0 Å². The Morgan fingerprint density at radius 2 is 2.17 bits per heavy atom. The minimum atomic E-state index is -1.59. The van der Waals surface area contributed by atoms with Gasteiger partial charge in [-0.15, -0.1) is 11.8 Å². The molecule has 2 unspecified atom stereocenters. The molecule has 1 aromatic heterocycles. The number of benzene rings is 1. The van der Waals surface area contributed by atoms with Crippen LogP contribution in [0.4, 0.5) is 4.39 Å². The molecule has 2 aromatic rings. The number of thioether (sulfide) groups is 1. The number of carbonyl (C=O) groups is 3. The van der Waals surface area contributed by atoms with E-state index in [1.807, 2.05) is 0 Å². The molecule has 0 bridgehead atoms. The summed E-state index contributed by atoms with van der Waals surface area (Å²) in [7, 11) is 0. The van der Waals surface area contributed by atoms with Gasteiger partial charge in [0, 0.05) is 45.4 Å². The summed E-state index contributed by atoms with van der Waals surface area (Å²) in [6, 6.07) is 0.901. The topological polar surface area (TPSA) is 129 Å². The van der Waals surface area contributed by atoms with E-state index in [0.717, 1.165) is 21.4 Å². The number of hydrogen-bond donors (Lipinski definition) is 3. The summed E-state index contributed by atoms with van der Waals surface area (Å²) >= 11 is 1.42. The number of aliphatic hydroxyl groups is 2. The lowest BCUT2D eigenvalue weighted by molar-refractivity contribution is -0.152. The molecule has 1 aromatic carbocycles. The Labute approximate surface area is 202 Å². The van der Waals surface area contributed by atoms with Gasteiger partial charge >= 0.3 is 5.97 Å². The van der Waals surface area contributed by atoms with Crippen molar-refractivity contribution < 1.29 is 33.7 Å². The molecule has 9 nitrogen and oxygen atoms in total. The zero-order valence-electron chi connectivity index (χ0n) is 18.6. The minimum Gasteiger partial charge on any atom is -0.458 e.